The molecule has 5 nitrogen and oxygen atoms in total. The van der Waals surface area contributed by atoms with Crippen LogP contribution in [0.3, 0.4) is 0 Å². The zero-order chi connectivity index (χ0) is 15.6. The van der Waals surface area contributed by atoms with E-state index in [2.05, 4.69) is 14.8 Å². The van der Waals surface area contributed by atoms with E-state index in [-0.39, 0.29) is 10.8 Å². The van der Waals surface area contributed by atoms with Crippen molar-refractivity contribution in [2.24, 2.45) is 0 Å². The molecule has 6 heteroatoms. The standard InChI is InChI=1S/C15H22N4OS/c1-11-8-17-19(10-11)14-7-6-13(9-16-14)12(2)18-21(20)15(3,4)5/h6-10,12,18H,1-5H3/t12-,21?/m0/s1. The van der Waals surface area contributed by atoms with Crippen LogP contribution in [-0.2, 0) is 11.4 Å². The predicted octanol–water partition coefficient (Wildman–Crippen LogP) is 2.69. The van der Waals surface area contributed by atoms with E-state index in [0.717, 1.165) is 16.9 Å². The minimum atomic E-state index is -1.10. The molecular weight excluding hydrogens is 284 g/mol. The lowest BCUT2D eigenvalue weighted by Crippen LogP contribution is -2.40. The lowest BCUT2D eigenvalue weighted by Gasteiger charge is -2.26. The van der Waals surface area contributed by atoms with Crippen LogP contribution >= 0.6 is 0 Å². The Hall–Kier alpha value is -1.37. The minimum Gasteiger partial charge on any atom is -0.598 e. The Balaban J connectivity index is 2.08. The van der Waals surface area contributed by atoms with Crippen molar-refractivity contribution in [3.8, 4) is 5.82 Å². The Labute approximate surface area is 129 Å². The van der Waals surface area contributed by atoms with Gasteiger partial charge in [-0.05, 0) is 51.8 Å². The summed E-state index contributed by atoms with van der Waals surface area (Å²) in [4.78, 5) is 4.41. The molecule has 0 saturated heterocycles. The molecule has 0 aliphatic carbocycles. The first-order chi connectivity index (χ1) is 9.77. The van der Waals surface area contributed by atoms with Gasteiger partial charge >= 0.3 is 0 Å². The third kappa shape index (κ3) is 4.06. The van der Waals surface area contributed by atoms with Gasteiger partial charge in [0.05, 0.1) is 12.2 Å². The molecule has 0 aromatic carbocycles. The molecule has 2 aromatic heterocycles. The Morgan fingerprint density at radius 2 is 2.00 bits per heavy atom. The van der Waals surface area contributed by atoms with Gasteiger partial charge in [-0.25, -0.2) is 9.67 Å². The number of nitrogens with one attached hydrogen (secondary N) is 1. The number of hydrogen-bond acceptors (Lipinski definition) is 4. The Morgan fingerprint density at radius 1 is 1.29 bits per heavy atom. The van der Waals surface area contributed by atoms with E-state index < -0.39 is 11.4 Å². The van der Waals surface area contributed by atoms with E-state index in [4.69, 9.17) is 0 Å². The van der Waals surface area contributed by atoms with Gasteiger partial charge in [0.2, 0.25) is 0 Å². The Morgan fingerprint density at radius 3 is 2.48 bits per heavy atom. The second-order valence-electron chi connectivity index (χ2n) is 6.13. The van der Waals surface area contributed by atoms with Gasteiger partial charge in [-0.2, -0.15) is 5.10 Å². The largest absolute Gasteiger partial charge is 0.598 e. The monoisotopic (exact) mass is 306 g/mol. The highest BCUT2D eigenvalue weighted by molar-refractivity contribution is 7.90. The molecule has 0 amide bonds. The van der Waals surface area contributed by atoms with Crippen molar-refractivity contribution < 1.29 is 4.55 Å². The molecule has 2 atom stereocenters. The summed E-state index contributed by atoms with van der Waals surface area (Å²) in [5.41, 5.74) is 2.09. The molecule has 0 radical (unpaired) electrons. The van der Waals surface area contributed by atoms with Gasteiger partial charge in [0, 0.05) is 23.8 Å². The lowest BCUT2D eigenvalue weighted by molar-refractivity contribution is 0.531. The maximum Gasteiger partial charge on any atom is 0.153 e. The van der Waals surface area contributed by atoms with Crippen LogP contribution in [-0.4, -0.2) is 24.1 Å². The molecule has 114 valence electrons. The highest BCUT2D eigenvalue weighted by Gasteiger charge is 2.28. The third-order valence-electron chi connectivity index (χ3n) is 3.06. The first-order valence-electron chi connectivity index (χ1n) is 6.93. The van der Waals surface area contributed by atoms with Gasteiger partial charge in [0.1, 0.15) is 4.75 Å². The smallest absolute Gasteiger partial charge is 0.153 e. The fourth-order valence-electron chi connectivity index (χ4n) is 1.73. The van der Waals surface area contributed by atoms with Crippen molar-refractivity contribution >= 4 is 11.4 Å². The number of aryl methyl sites for hydroxylation is 1. The summed E-state index contributed by atoms with van der Waals surface area (Å²) in [5.74, 6) is 0.774. The summed E-state index contributed by atoms with van der Waals surface area (Å²) in [5, 5.41) is 4.23. The fraction of sp³-hybridized carbons (Fsp3) is 0.467. The highest BCUT2D eigenvalue weighted by atomic mass is 32.2. The van der Waals surface area contributed by atoms with Crippen LogP contribution in [0.1, 0.15) is 44.9 Å². The topological polar surface area (TPSA) is 65.8 Å². The van der Waals surface area contributed by atoms with Gasteiger partial charge < -0.3 is 4.55 Å². The lowest BCUT2D eigenvalue weighted by atomic mass is 10.1. The van der Waals surface area contributed by atoms with Crippen LogP contribution in [0.5, 0.6) is 0 Å². The second-order valence-corrected chi connectivity index (χ2v) is 8.13. The molecule has 2 heterocycles. The second kappa shape index (κ2) is 6.17. The van der Waals surface area contributed by atoms with Crippen molar-refractivity contribution in [1.29, 1.82) is 0 Å². The SMILES string of the molecule is Cc1cnn(-c2ccc([C@H](C)N[S+]([O-])C(C)(C)C)cn2)c1. The van der Waals surface area contributed by atoms with E-state index in [0.29, 0.717) is 0 Å². The molecule has 0 aliphatic heterocycles. The molecule has 2 aromatic rings. The molecule has 0 spiro atoms. The first-order valence-corrected chi connectivity index (χ1v) is 8.08. The summed E-state index contributed by atoms with van der Waals surface area (Å²) < 4.78 is 16.7. The predicted molar refractivity (Wildman–Crippen MR) is 85.5 cm³/mol. The number of nitrogens with zero attached hydrogens (tertiary/aromatic N) is 3. The van der Waals surface area contributed by atoms with Crippen molar-refractivity contribution in [3.05, 3.63) is 41.9 Å². The van der Waals surface area contributed by atoms with E-state index in [9.17, 15) is 4.55 Å². The minimum absolute atomic E-state index is 0.0223. The van der Waals surface area contributed by atoms with Crippen molar-refractivity contribution in [1.82, 2.24) is 19.5 Å². The highest BCUT2D eigenvalue weighted by Crippen LogP contribution is 2.19. The van der Waals surface area contributed by atoms with E-state index in [1.807, 2.05) is 52.9 Å². The number of pyridine rings is 1. The van der Waals surface area contributed by atoms with Gasteiger partial charge in [-0.15, -0.1) is 4.72 Å². The van der Waals surface area contributed by atoms with Gasteiger partial charge in [0.25, 0.3) is 0 Å². The normalized spacial score (nSPS) is 15.0. The van der Waals surface area contributed by atoms with Crippen molar-refractivity contribution in [2.75, 3.05) is 0 Å². The Bertz CT molecular complexity index is 588. The van der Waals surface area contributed by atoms with Crippen molar-refractivity contribution in [2.45, 2.75) is 45.4 Å². The molecule has 0 aliphatic rings. The third-order valence-corrected chi connectivity index (χ3v) is 4.74. The zero-order valence-electron chi connectivity index (χ0n) is 13.1. The Kier molecular flexibility index (Phi) is 4.70. The number of hydrogen-bond donors (Lipinski definition) is 1. The summed E-state index contributed by atoms with van der Waals surface area (Å²) in [6, 6.07) is 3.88. The average Bonchev–Trinajstić information content (AvgIpc) is 2.84. The molecule has 1 unspecified atom stereocenters. The van der Waals surface area contributed by atoms with Crippen molar-refractivity contribution in [3.63, 3.8) is 0 Å². The van der Waals surface area contributed by atoms with Gasteiger partial charge in [-0.1, -0.05) is 6.07 Å². The summed E-state index contributed by atoms with van der Waals surface area (Å²) in [7, 11) is 0. The molecule has 2 rings (SSSR count). The van der Waals surface area contributed by atoms with Crippen LogP contribution in [0.25, 0.3) is 5.82 Å². The van der Waals surface area contributed by atoms with E-state index >= 15 is 0 Å². The van der Waals surface area contributed by atoms with Crippen LogP contribution in [0, 0.1) is 6.92 Å². The molecule has 0 bridgehead atoms. The maximum atomic E-state index is 12.1. The molecular formula is C15H22N4OS. The van der Waals surface area contributed by atoms with Crippen LogP contribution < -0.4 is 4.72 Å². The number of aromatic nitrogens is 3. The molecule has 21 heavy (non-hydrogen) atoms. The average molecular weight is 306 g/mol. The van der Waals surface area contributed by atoms with Crippen LogP contribution in [0.4, 0.5) is 0 Å². The van der Waals surface area contributed by atoms with E-state index in [1.165, 1.54) is 0 Å². The quantitative estimate of drug-likeness (QED) is 0.882. The van der Waals surface area contributed by atoms with Gasteiger partial charge in [0.15, 0.2) is 5.82 Å². The first kappa shape index (κ1) is 16.0. The molecule has 0 saturated carbocycles. The maximum absolute atomic E-state index is 12.1. The zero-order valence-corrected chi connectivity index (χ0v) is 13.9. The summed E-state index contributed by atoms with van der Waals surface area (Å²) >= 11 is -1.10. The fourth-order valence-corrected chi connectivity index (χ4v) is 2.54. The molecule has 1 N–H and O–H groups in total. The van der Waals surface area contributed by atoms with E-state index in [1.54, 1.807) is 17.1 Å². The van der Waals surface area contributed by atoms with Gasteiger partial charge in [-0.3, -0.25) is 0 Å². The number of rotatable bonds is 4. The van der Waals surface area contributed by atoms with Crippen LogP contribution in [0.2, 0.25) is 0 Å². The van der Waals surface area contributed by atoms with Crippen LogP contribution in [0.15, 0.2) is 30.7 Å². The summed E-state index contributed by atoms with van der Waals surface area (Å²) in [6.45, 7) is 9.82. The summed E-state index contributed by atoms with van der Waals surface area (Å²) in [6.07, 6.45) is 5.52. The molecule has 0 fully saturated rings.